The highest BCUT2D eigenvalue weighted by Gasteiger charge is 2.31. The van der Waals surface area contributed by atoms with Gasteiger partial charge in [-0.2, -0.15) is 5.26 Å². The van der Waals surface area contributed by atoms with Crippen LogP contribution in [0.4, 0.5) is 15.8 Å². The highest BCUT2D eigenvalue weighted by molar-refractivity contribution is 6.33. The summed E-state index contributed by atoms with van der Waals surface area (Å²) in [7, 11) is 1.95. The van der Waals surface area contributed by atoms with Gasteiger partial charge in [-0.05, 0) is 49.7 Å². The van der Waals surface area contributed by atoms with Gasteiger partial charge in [0, 0.05) is 71.1 Å². The van der Waals surface area contributed by atoms with Crippen molar-refractivity contribution >= 4 is 28.9 Å². The summed E-state index contributed by atoms with van der Waals surface area (Å²) < 4.78 is 16.2. The Morgan fingerprint density at radius 1 is 1.03 bits per heavy atom. The van der Waals surface area contributed by atoms with E-state index in [4.69, 9.17) is 11.6 Å². The van der Waals surface area contributed by atoms with E-state index >= 15 is 0 Å². The van der Waals surface area contributed by atoms with Crippen molar-refractivity contribution in [2.24, 2.45) is 7.05 Å². The minimum Gasteiger partial charge on any atom is -0.368 e. The summed E-state index contributed by atoms with van der Waals surface area (Å²) in [5.74, 6) is -0.513. The molecule has 2 aromatic carbocycles. The standard InChI is InChI=1S/C30H34ClFN6O/c1-21-19-37(27-10-6-8-26(32)24(27)18-33)15-16-38(21)30(39)29-17-23(22(2)34(29)3)20-35-11-13-36(14-12-35)28-9-5-4-7-25(28)31/h4-10,17,21H,11-16,19-20H2,1-3H3/t21-/m0/s1. The number of nitriles is 1. The van der Waals surface area contributed by atoms with Crippen molar-refractivity contribution in [2.75, 3.05) is 55.6 Å². The fourth-order valence-electron chi connectivity index (χ4n) is 5.74. The van der Waals surface area contributed by atoms with Crippen molar-refractivity contribution in [1.82, 2.24) is 14.4 Å². The third kappa shape index (κ3) is 5.34. The topological polar surface area (TPSA) is 58.8 Å². The van der Waals surface area contributed by atoms with Gasteiger partial charge in [-0.3, -0.25) is 9.69 Å². The summed E-state index contributed by atoms with van der Waals surface area (Å²) in [5, 5.41) is 10.2. The van der Waals surface area contributed by atoms with E-state index in [1.807, 2.05) is 58.7 Å². The molecule has 0 aliphatic carbocycles. The van der Waals surface area contributed by atoms with Crippen LogP contribution in [0.3, 0.4) is 0 Å². The van der Waals surface area contributed by atoms with Crippen molar-refractivity contribution in [1.29, 1.82) is 5.26 Å². The zero-order valence-electron chi connectivity index (χ0n) is 22.7. The number of carbonyl (C=O) groups excluding carboxylic acids is 1. The van der Waals surface area contributed by atoms with Gasteiger partial charge < -0.3 is 19.3 Å². The van der Waals surface area contributed by atoms with Crippen LogP contribution in [0.1, 0.15) is 34.2 Å². The minimum absolute atomic E-state index is 0.00212. The van der Waals surface area contributed by atoms with E-state index in [2.05, 4.69) is 22.8 Å². The summed E-state index contributed by atoms with van der Waals surface area (Å²) in [5.41, 5.74) is 4.66. The number of benzene rings is 2. The van der Waals surface area contributed by atoms with Gasteiger partial charge in [-0.25, -0.2) is 4.39 Å². The summed E-state index contributed by atoms with van der Waals surface area (Å²) in [4.78, 5) is 22.3. The van der Waals surface area contributed by atoms with Crippen LogP contribution in [0.2, 0.25) is 5.02 Å². The van der Waals surface area contributed by atoms with Gasteiger partial charge in [-0.1, -0.05) is 29.8 Å². The molecule has 0 radical (unpaired) electrons. The van der Waals surface area contributed by atoms with E-state index in [0.717, 1.165) is 54.7 Å². The Morgan fingerprint density at radius 3 is 2.41 bits per heavy atom. The van der Waals surface area contributed by atoms with E-state index < -0.39 is 5.82 Å². The summed E-state index contributed by atoms with van der Waals surface area (Å²) in [6.45, 7) is 10.1. The minimum atomic E-state index is -0.516. The van der Waals surface area contributed by atoms with E-state index in [9.17, 15) is 14.4 Å². The van der Waals surface area contributed by atoms with Crippen molar-refractivity contribution in [3.63, 3.8) is 0 Å². The SMILES string of the molecule is Cc1c(CN2CCN(c3ccccc3Cl)CC2)cc(C(=O)N2CCN(c3cccc(F)c3C#N)C[C@@H]2C)n1C. The molecule has 39 heavy (non-hydrogen) atoms. The average Bonchev–Trinajstić information content (AvgIpc) is 3.22. The first-order valence-electron chi connectivity index (χ1n) is 13.4. The first-order chi connectivity index (χ1) is 18.8. The molecule has 9 heteroatoms. The first kappa shape index (κ1) is 27.0. The van der Waals surface area contributed by atoms with Crippen LogP contribution < -0.4 is 9.80 Å². The Hall–Kier alpha value is -3.54. The van der Waals surface area contributed by atoms with E-state index in [1.54, 1.807) is 12.1 Å². The molecule has 2 saturated heterocycles. The van der Waals surface area contributed by atoms with E-state index in [-0.39, 0.29) is 17.5 Å². The van der Waals surface area contributed by atoms with Gasteiger partial charge in [-0.15, -0.1) is 0 Å². The van der Waals surface area contributed by atoms with Gasteiger partial charge in [0.2, 0.25) is 0 Å². The molecule has 2 aliphatic rings. The largest absolute Gasteiger partial charge is 0.368 e. The summed E-state index contributed by atoms with van der Waals surface area (Å²) in [6.07, 6.45) is 0. The molecular weight excluding hydrogens is 515 g/mol. The van der Waals surface area contributed by atoms with Gasteiger partial charge in [0.15, 0.2) is 0 Å². The van der Waals surface area contributed by atoms with Crippen molar-refractivity contribution < 1.29 is 9.18 Å². The van der Waals surface area contributed by atoms with Crippen LogP contribution in [0.25, 0.3) is 0 Å². The van der Waals surface area contributed by atoms with Gasteiger partial charge in [0.05, 0.1) is 16.4 Å². The number of piperazine rings is 2. The van der Waals surface area contributed by atoms with Gasteiger partial charge in [0.1, 0.15) is 23.1 Å². The second-order valence-electron chi connectivity index (χ2n) is 10.5. The predicted octanol–water partition coefficient (Wildman–Crippen LogP) is 4.67. The monoisotopic (exact) mass is 548 g/mol. The maximum atomic E-state index is 14.2. The van der Waals surface area contributed by atoms with Crippen molar-refractivity contribution in [3.8, 4) is 6.07 Å². The number of para-hydroxylation sites is 1. The van der Waals surface area contributed by atoms with Crippen molar-refractivity contribution in [3.05, 3.63) is 81.9 Å². The molecule has 0 saturated carbocycles. The lowest BCUT2D eigenvalue weighted by atomic mass is 10.1. The molecule has 3 heterocycles. The second-order valence-corrected chi connectivity index (χ2v) is 10.9. The highest BCUT2D eigenvalue weighted by Crippen LogP contribution is 2.28. The third-order valence-corrected chi connectivity index (χ3v) is 8.47. The molecule has 204 valence electrons. The third-order valence-electron chi connectivity index (χ3n) is 8.15. The normalized spacial score (nSPS) is 18.4. The van der Waals surface area contributed by atoms with Crippen LogP contribution in [0.15, 0.2) is 48.5 Å². The molecule has 1 aromatic heterocycles. The van der Waals surface area contributed by atoms with Gasteiger partial charge >= 0.3 is 0 Å². The van der Waals surface area contributed by atoms with Crippen LogP contribution in [0.5, 0.6) is 0 Å². The Morgan fingerprint density at radius 2 is 1.72 bits per heavy atom. The molecule has 0 bridgehead atoms. The maximum Gasteiger partial charge on any atom is 0.270 e. The quantitative estimate of drug-likeness (QED) is 0.464. The molecule has 2 aliphatic heterocycles. The molecule has 0 unspecified atom stereocenters. The second kappa shape index (κ2) is 11.3. The Balaban J connectivity index is 1.24. The fraction of sp³-hybridized carbons (Fsp3) is 0.400. The molecular formula is C30H34ClFN6O. The molecule has 0 N–H and O–H groups in total. The summed E-state index contributed by atoms with van der Waals surface area (Å²) >= 11 is 6.40. The number of anilines is 2. The lowest BCUT2D eigenvalue weighted by Gasteiger charge is -2.41. The molecule has 7 nitrogen and oxygen atoms in total. The highest BCUT2D eigenvalue weighted by atomic mass is 35.5. The van der Waals surface area contributed by atoms with Crippen molar-refractivity contribution in [2.45, 2.75) is 26.4 Å². The van der Waals surface area contributed by atoms with Crippen LogP contribution in [0, 0.1) is 24.1 Å². The molecule has 1 amide bonds. The Labute approximate surface area is 234 Å². The number of aromatic nitrogens is 1. The number of hydrogen-bond donors (Lipinski definition) is 0. The molecule has 2 fully saturated rings. The van der Waals surface area contributed by atoms with Crippen LogP contribution in [-0.4, -0.2) is 72.1 Å². The molecule has 3 aromatic rings. The Bertz CT molecular complexity index is 1410. The number of hydrogen-bond acceptors (Lipinski definition) is 5. The zero-order valence-corrected chi connectivity index (χ0v) is 23.5. The first-order valence-corrected chi connectivity index (χ1v) is 13.8. The smallest absolute Gasteiger partial charge is 0.270 e. The molecule has 0 spiro atoms. The fourth-order valence-corrected chi connectivity index (χ4v) is 5.99. The number of nitrogens with zero attached hydrogens (tertiary/aromatic N) is 6. The molecule has 5 rings (SSSR count). The summed E-state index contributed by atoms with van der Waals surface area (Å²) in [6, 6.07) is 16.6. The number of halogens is 2. The van der Waals surface area contributed by atoms with E-state index in [1.165, 1.54) is 6.07 Å². The maximum absolute atomic E-state index is 14.2. The van der Waals surface area contributed by atoms with Crippen LogP contribution in [-0.2, 0) is 13.6 Å². The Kier molecular flexibility index (Phi) is 7.83. The number of carbonyl (C=O) groups is 1. The van der Waals surface area contributed by atoms with Crippen LogP contribution >= 0.6 is 11.6 Å². The van der Waals surface area contributed by atoms with Gasteiger partial charge in [0.25, 0.3) is 5.91 Å². The number of amides is 1. The zero-order chi connectivity index (χ0) is 27.7. The lowest BCUT2D eigenvalue weighted by molar-refractivity contribution is 0.0664. The average molecular weight is 549 g/mol. The van der Waals surface area contributed by atoms with E-state index in [0.29, 0.717) is 31.0 Å². The lowest BCUT2D eigenvalue weighted by Crippen LogP contribution is -2.54. The predicted molar refractivity (Wildman–Crippen MR) is 153 cm³/mol. The molecule has 1 atom stereocenters. The number of rotatable bonds is 5.